The molecule has 15 rings (SSSR count). The van der Waals surface area contributed by atoms with E-state index in [-0.39, 0.29) is 6.04 Å². The molecule has 3 saturated heterocycles. The highest BCUT2D eigenvalue weighted by Gasteiger charge is 2.29. The van der Waals surface area contributed by atoms with Crippen molar-refractivity contribution >= 4 is 68.0 Å². The molecule has 3 aliphatic heterocycles. The van der Waals surface area contributed by atoms with E-state index in [1.165, 1.54) is 11.1 Å². The minimum absolute atomic E-state index is 0.185. The molecular weight excluding hydrogens is 1330 g/mol. The SMILES string of the molecule is COc1cc2ncnc(N3CCN(c4ncc(OCc5ccc(C)cc5)cn4)CC3)c2cc1OC.COc1cc2ncnc(N3CCN(c4ncc(OCc5cccc(C)c5)cn4)CC3)c2cc1OC.COc1cc2ncnc(N3CCN(c4ncc(OCc5ccccc5)cn4)[C@H](C)C3)c2cc1OC. The summed E-state index contributed by atoms with van der Waals surface area (Å²) in [6, 6.07) is 38.3. The Morgan fingerprint density at radius 3 is 1.08 bits per heavy atom. The van der Waals surface area contributed by atoms with Crippen LogP contribution in [0.25, 0.3) is 32.7 Å². The molecule has 9 heterocycles. The second-order valence-electron chi connectivity index (χ2n) is 25.2. The van der Waals surface area contributed by atoms with Crippen LogP contribution < -0.4 is 72.0 Å². The van der Waals surface area contributed by atoms with Crippen LogP contribution in [0.2, 0.25) is 0 Å². The summed E-state index contributed by atoms with van der Waals surface area (Å²) in [5, 5.41) is 2.80. The molecule has 0 saturated carbocycles. The number of methoxy groups -OCH3 is 6. The van der Waals surface area contributed by atoms with Crippen LogP contribution >= 0.6 is 0 Å². The molecule has 540 valence electrons. The third-order valence-electron chi connectivity index (χ3n) is 18.4. The molecule has 0 radical (unpaired) electrons. The van der Waals surface area contributed by atoms with E-state index in [1.54, 1.807) is 98.8 Å². The highest BCUT2D eigenvalue weighted by Crippen LogP contribution is 2.39. The first-order valence-electron chi connectivity index (χ1n) is 34.6. The lowest BCUT2D eigenvalue weighted by Crippen LogP contribution is -2.53. The van der Waals surface area contributed by atoms with Gasteiger partial charge in [-0.1, -0.05) is 90.0 Å². The Morgan fingerprint density at radius 2 is 0.676 bits per heavy atom. The van der Waals surface area contributed by atoms with E-state index in [1.807, 2.05) is 72.8 Å². The van der Waals surface area contributed by atoms with Gasteiger partial charge in [-0.2, -0.15) is 0 Å². The molecule has 27 nitrogen and oxygen atoms in total. The van der Waals surface area contributed by atoms with E-state index >= 15 is 0 Å². The number of ether oxygens (including phenoxy) is 9. The number of aromatic nitrogens is 12. The Kier molecular flexibility index (Phi) is 22.7. The minimum atomic E-state index is 0.185. The molecule has 1 atom stereocenters. The Bertz CT molecular complexity index is 4850. The van der Waals surface area contributed by atoms with Crippen molar-refractivity contribution in [2.45, 2.75) is 46.6 Å². The van der Waals surface area contributed by atoms with Crippen LogP contribution in [0.15, 0.2) is 171 Å². The fourth-order valence-electron chi connectivity index (χ4n) is 12.7. The van der Waals surface area contributed by atoms with Crippen LogP contribution in [0.4, 0.5) is 35.3 Å². The number of rotatable bonds is 21. The average molecular weight is 1420 g/mol. The number of piperazine rings is 3. The molecule has 0 N–H and O–H groups in total. The summed E-state index contributed by atoms with van der Waals surface area (Å²) >= 11 is 0. The van der Waals surface area contributed by atoms with Gasteiger partial charge in [-0.3, -0.25) is 0 Å². The van der Waals surface area contributed by atoms with Crippen LogP contribution in [-0.4, -0.2) is 181 Å². The zero-order chi connectivity index (χ0) is 72.6. The molecule has 105 heavy (non-hydrogen) atoms. The van der Waals surface area contributed by atoms with E-state index in [0.29, 0.717) is 89.4 Å². The quantitative estimate of drug-likeness (QED) is 0.0647. The molecule has 3 aliphatic rings. The summed E-state index contributed by atoms with van der Waals surface area (Å²) < 4.78 is 50.2. The van der Waals surface area contributed by atoms with Crippen molar-refractivity contribution in [2.24, 2.45) is 0 Å². The van der Waals surface area contributed by atoms with Crippen molar-refractivity contribution in [3.8, 4) is 51.7 Å². The molecule has 0 amide bonds. The van der Waals surface area contributed by atoms with Crippen molar-refractivity contribution in [1.82, 2.24) is 59.8 Å². The van der Waals surface area contributed by atoms with Crippen molar-refractivity contribution in [2.75, 3.05) is 144 Å². The lowest BCUT2D eigenvalue weighted by atomic mass is 10.1. The summed E-state index contributed by atoms with van der Waals surface area (Å²) in [5.41, 5.74) is 8.24. The number of hydrogen-bond donors (Lipinski definition) is 0. The van der Waals surface area contributed by atoms with E-state index in [0.717, 1.165) is 139 Å². The van der Waals surface area contributed by atoms with Gasteiger partial charge in [-0.15, -0.1) is 0 Å². The van der Waals surface area contributed by atoms with Crippen LogP contribution in [0.3, 0.4) is 0 Å². The monoisotopic (exact) mass is 1420 g/mol. The molecule has 27 heteroatoms. The van der Waals surface area contributed by atoms with Crippen molar-refractivity contribution in [3.63, 3.8) is 0 Å². The number of benzene rings is 6. The van der Waals surface area contributed by atoms with Crippen LogP contribution in [0, 0.1) is 13.8 Å². The standard InChI is InChI=1S/3C26H28N6O3/c1-18-4-6-19(7-5-18)16-35-20-14-27-26(28-15-20)32-10-8-31(9-11-32)25-21-12-23(33-2)24(34-3)13-22(21)29-17-30-25;1-18-5-4-6-19(11-18)16-35-20-14-27-26(28-15-20)32-9-7-31(8-10-32)25-21-12-23(33-2)24(34-3)13-22(21)29-17-30-25;1-18-15-31(25-21-11-23(33-2)24(34-3)12-22(21)29-17-30-25)9-10-32(18)26-27-13-20(14-28-26)35-16-19-7-5-4-6-8-19/h4-7,12-15,17H,8-11,16H2,1-3H3;4-6,11-15,17H,7-10,16H2,1-3H3;4-8,11-14,17-18H,9-10,15-16H2,1-3H3/t;;18-/m..1/s1. The summed E-state index contributed by atoms with van der Waals surface area (Å²) in [4.78, 5) is 67.6. The van der Waals surface area contributed by atoms with Gasteiger partial charge < -0.3 is 72.0 Å². The van der Waals surface area contributed by atoms with Gasteiger partial charge >= 0.3 is 0 Å². The molecule has 12 aromatic rings. The van der Waals surface area contributed by atoms with Crippen molar-refractivity contribution in [1.29, 1.82) is 0 Å². The maximum absolute atomic E-state index is 5.86. The molecule has 0 bridgehead atoms. The predicted octanol–water partition coefficient (Wildman–Crippen LogP) is 11.0. The fraction of sp³-hybridized carbons (Fsp3) is 0.308. The van der Waals surface area contributed by atoms with Gasteiger partial charge in [0, 0.05) is 112 Å². The molecular formula is C78H84N18O9. The summed E-state index contributed by atoms with van der Waals surface area (Å²) in [6.45, 7) is 16.4. The first-order valence-corrected chi connectivity index (χ1v) is 34.6. The first kappa shape index (κ1) is 71.0. The molecule has 0 unspecified atom stereocenters. The van der Waals surface area contributed by atoms with Gasteiger partial charge in [0.15, 0.2) is 51.7 Å². The third kappa shape index (κ3) is 17.1. The van der Waals surface area contributed by atoms with Gasteiger partial charge in [0.05, 0.1) is 96.4 Å². The molecule has 3 fully saturated rings. The highest BCUT2D eigenvalue weighted by molar-refractivity contribution is 5.94. The van der Waals surface area contributed by atoms with E-state index in [2.05, 4.69) is 152 Å². The zero-order valence-corrected chi connectivity index (χ0v) is 60.4. The Hall–Kier alpha value is -12.4. The second-order valence-corrected chi connectivity index (χ2v) is 25.2. The Morgan fingerprint density at radius 1 is 0.324 bits per heavy atom. The summed E-state index contributed by atoms with van der Waals surface area (Å²) in [7, 11) is 9.75. The lowest BCUT2D eigenvalue weighted by Gasteiger charge is -2.40. The van der Waals surface area contributed by atoms with E-state index in [4.69, 9.17) is 42.6 Å². The zero-order valence-electron chi connectivity index (χ0n) is 60.4. The second kappa shape index (κ2) is 33.6. The Labute approximate surface area is 609 Å². The molecule has 6 aromatic carbocycles. The van der Waals surface area contributed by atoms with E-state index < -0.39 is 0 Å². The lowest BCUT2D eigenvalue weighted by molar-refractivity contribution is 0.303. The fourth-order valence-corrected chi connectivity index (χ4v) is 12.7. The number of anilines is 6. The third-order valence-corrected chi connectivity index (χ3v) is 18.4. The minimum Gasteiger partial charge on any atom is -0.493 e. The van der Waals surface area contributed by atoms with Crippen molar-refractivity contribution in [3.05, 3.63) is 199 Å². The largest absolute Gasteiger partial charge is 0.493 e. The van der Waals surface area contributed by atoms with E-state index in [9.17, 15) is 0 Å². The van der Waals surface area contributed by atoms with Gasteiger partial charge in [0.2, 0.25) is 17.8 Å². The maximum atomic E-state index is 5.86. The van der Waals surface area contributed by atoms with Gasteiger partial charge in [0.25, 0.3) is 0 Å². The van der Waals surface area contributed by atoms with Crippen LogP contribution in [-0.2, 0) is 19.8 Å². The van der Waals surface area contributed by atoms with Crippen molar-refractivity contribution < 1.29 is 42.6 Å². The Balaban J connectivity index is 0.000000140. The normalized spacial score (nSPS) is 14.4. The molecule has 0 spiro atoms. The number of fused-ring (bicyclic) bond motifs is 3. The number of nitrogens with zero attached hydrogens (tertiary/aromatic N) is 18. The average Bonchev–Trinajstić information content (AvgIpc) is 0.791. The topological polar surface area (TPSA) is 257 Å². The number of hydrogen-bond acceptors (Lipinski definition) is 27. The number of aryl methyl sites for hydroxylation is 2. The van der Waals surface area contributed by atoms with Crippen LogP contribution in [0.5, 0.6) is 51.7 Å². The molecule has 0 aliphatic carbocycles. The predicted molar refractivity (Wildman–Crippen MR) is 404 cm³/mol. The van der Waals surface area contributed by atoms with Gasteiger partial charge in [-0.05, 0) is 55.7 Å². The smallest absolute Gasteiger partial charge is 0.225 e. The molecule has 6 aromatic heterocycles. The van der Waals surface area contributed by atoms with Gasteiger partial charge in [-0.25, -0.2) is 59.8 Å². The van der Waals surface area contributed by atoms with Crippen LogP contribution in [0.1, 0.15) is 34.7 Å². The summed E-state index contributed by atoms with van der Waals surface area (Å²) in [6.07, 6.45) is 15.2. The first-order chi connectivity index (χ1) is 51.4. The highest BCUT2D eigenvalue weighted by atomic mass is 16.5. The van der Waals surface area contributed by atoms with Gasteiger partial charge in [0.1, 0.15) is 56.3 Å². The summed E-state index contributed by atoms with van der Waals surface area (Å²) in [5.74, 6) is 10.6. The maximum Gasteiger partial charge on any atom is 0.225 e.